The van der Waals surface area contributed by atoms with Crippen molar-refractivity contribution >= 4 is 21.7 Å². The van der Waals surface area contributed by atoms with Crippen molar-refractivity contribution in [2.75, 3.05) is 10.8 Å². The third-order valence-electron chi connectivity index (χ3n) is 4.52. The molecule has 152 valence electrons. The zero-order chi connectivity index (χ0) is 20.9. The molecule has 1 N–H and O–H groups in total. The molecule has 0 amide bonds. The van der Waals surface area contributed by atoms with Crippen LogP contribution in [-0.2, 0) is 21.2 Å². The van der Waals surface area contributed by atoms with Gasteiger partial charge in [-0.15, -0.1) is 0 Å². The fraction of sp³-hybridized carbons (Fsp3) is 0.409. The van der Waals surface area contributed by atoms with Gasteiger partial charge in [0.25, 0.3) is 10.0 Å². The lowest BCUT2D eigenvalue weighted by atomic mass is 10.1. The number of aliphatic carboxylic acids is 1. The molecular weight excluding hydrogens is 374 g/mol. The number of aryl methyl sites for hydroxylation is 3. The molecule has 0 aliphatic rings. The third kappa shape index (κ3) is 5.58. The van der Waals surface area contributed by atoms with Crippen LogP contribution in [0.2, 0.25) is 0 Å². The maximum Gasteiger partial charge on any atom is 0.303 e. The molecule has 0 spiro atoms. The molecule has 5 nitrogen and oxygen atoms in total. The van der Waals surface area contributed by atoms with Crippen molar-refractivity contribution in [1.29, 1.82) is 0 Å². The summed E-state index contributed by atoms with van der Waals surface area (Å²) in [6.07, 6.45) is 1.25. The molecule has 6 heteroatoms. The van der Waals surface area contributed by atoms with E-state index in [-0.39, 0.29) is 17.2 Å². The third-order valence-corrected chi connectivity index (χ3v) is 6.31. The number of nitrogens with zero attached hydrogens (tertiary/aromatic N) is 1. The Balaban J connectivity index is 2.33. The smallest absolute Gasteiger partial charge is 0.303 e. The van der Waals surface area contributed by atoms with Gasteiger partial charge in [0, 0.05) is 13.0 Å². The summed E-state index contributed by atoms with van der Waals surface area (Å²) in [6, 6.07) is 12.5. The van der Waals surface area contributed by atoms with E-state index in [1.165, 1.54) is 4.31 Å². The summed E-state index contributed by atoms with van der Waals surface area (Å²) in [7, 11) is -3.70. The number of carbonyl (C=O) groups is 1. The Bertz CT molecular complexity index is 918. The Morgan fingerprint density at radius 3 is 2.25 bits per heavy atom. The highest BCUT2D eigenvalue weighted by Crippen LogP contribution is 2.29. The van der Waals surface area contributed by atoms with Crippen molar-refractivity contribution in [3.63, 3.8) is 0 Å². The van der Waals surface area contributed by atoms with Crippen molar-refractivity contribution < 1.29 is 18.3 Å². The highest BCUT2D eigenvalue weighted by Gasteiger charge is 2.26. The van der Waals surface area contributed by atoms with Gasteiger partial charge in [0.15, 0.2) is 0 Å². The van der Waals surface area contributed by atoms with E-state index in [1.54, 1.807) is 24.3 Å². The van der Waals surface area contributed by atoms with Crippen LogP contribution in [0.5, 0.6) is 0 Å². The summed E-state index contributed by atoms with van der Waals surface area (Å²) in [5.74, 6) is -0.650. The minimum absolute atomic E-state index is 0.106. The van der Waals surface area contributed by atoms with Crippen molar-refractivity contribution in [3.05, 3.63) is 59.2 Å². The number of anilines is 1. The number of hydrogen-bond acceptors (Lipinski definition) is 3. The van der Waals surface area contributed by atoms with Gasteiger partial charge < -0.3 is 5.11 Å². The van der Waals surface area contributed by atoms with Gasteiger partial charge in [-0.05, 0) is 61.9 Å². The lowest BCUT2D eigenvalue weighted by Gasteiger charge is -2.28. The lowest BCUT2D eigenvalue weighted by molar-refractivity contribution is -0.137. The highest BCUT2D eigenvalue weighted by atomic mass is 32.2. The molecule has 0 aromatic heterocycles. The summed E-state index contributed by atoms with van der Waals surface area (Å²) < 4.78 is 28.2. The van der Waals surface area contributed by atoms with Crippen LogP contribution in [0.4, 0.5) is 5.69 Å². The van der Waals surface area contributed by atoms with Crippen molar-refractivity contribution in [1.82, 2.24) is 0 Å². The molecule has 0 heterocycles. The topological polar surface area (TPSA) is 74.7 Å². The first-order chi connectivity index (χ1) is 13.1. The van der Waals surface area contributed by atoms with Crippen LogP contribution in [-0.4, -0.2) is 26.0 Å². The highest BCUT2D eigenvalue weighted by molar-refractivity contribution is 7.92. The SMILES string of the molecule is Cc1ccc(N(CC(C)C)S(=O)(=O)c2ccc(CCCC(=O)O)cc2)c(C)c1. The molecule has 0 atom stereocenters. The normalized spacial score (nSPS) is 11.6. The van der Waals surface area contributed by atoms with Gasteiger partial charge in [-0.1, -0.05) is 43.7 Å². The van der Waals surface area contributed by atoms with Gasteiger partial charge in [-0.3, -0.25) is 9.10 Å². The van der Waals surface area contributed by atoms with Gasteiger partial charge in [0.05, 0.1) is 10.6 Å². The maximum absolute atomic E-state index is 13.4. The monoisotopic (exact) mass is 403 g/mol. The summed E-state index contributed by atoms with van der Waals surface area (Å²) in [6.45, 7) is 8.31. The van der Waals surface area contributed by atoms with Crippen LogP contribution in [0.15, 0.2) is 47.4 Å². The Hall–Kier alpha value is -2.34. The van der Waals surface area contributed by atoms with E-state index in [9.17, 15) is 13.2 Å². The molecule has 0 aliphatic carbocycles. The average Bonchev–Trinajstić information content (AvgIpc) is 2.60. The zero-order valence-electron chi connectivity index (χ0n) is 17.0. The van der Waals surface area contributed by atoms with Gasteiger partial charge in [0.1, 0.15) is 0 Å². The van der Waals surface area contributed by atoms with Crippen LogP contribution >= 0.6 is 0 Å². The standard InChI is InChI=1S/C22H29NO4S/c1-16(2)15-23(21-13-8-17(3)14-18(21)4)28(26,27)20-11-9-19(10-12-20)6-5-7-22(24)25/h8-14,16H,5-7,15H2,1-4H3,(H,24,25). The molecule has 0 unspecified atom stereocenters. The van der Waals surface area contributed by atoms with Gasteiger partial charge in [0.2, 0.25) is 0 Å². The molecule has 2 rings (SSSR count). The fourth-order valence-corrected chi connectivity index (χ4v) is 4.83. The first-order valence-corrected chi connectivity index (χ1v) is 11.0. The number of sulfonamides is 1. The summed E-state index contributed by atoms with van der Waals surface area (Å²) in [5.41, 5.74) is 3.65. The van der Waals surface area contributed by atoms with E-state index in [0.29, 0.717) is 25.1 Å². The lowest BCUT2D eigenvalue weighted by Crippen LogP contribution is -2.34. The number of rotatable bonds is 9. The molecular formula is C22H29NO4S. The predicted octanol–water partition coefficient (Wildman–Crippen LogP) is 4.56. The molecule has 0 radical (unpaired) electrons. The van der Waals surface area contributed by atoms with Crippen LogP contribution < -0.4 is 4.31 Å². The minimum Gasteiger partial charge on any atom is -0.481 e. The molecule has 0 aliphatic heterocycles. The van der Waals surface area contributed by atoms with Crippen LogP contribution in [0.25, 0.3) is 0 Å². The largest absolute Gasteiger partial charge is 0.481 e. The van der Waals surface area contributed by atoms with E-state index in [1.807, 2.05) is 45.9 Å². The van der Waals surface area contributed by atoms with E-state index in [2.05, 4.69) is 0 Å². The fourth-order valence-electron chi connectivity index (χ4n) is 3.14. The molecule has 2 aromatic rings. The Morgan fingerprint density at radius 1 is 1.07 bits per heavy atom. The van der Waals surface area contributed by atoms with Crippen molar-refractivity contribution in [3.8, 4) is 0 Å². The minimum atomic E-state index is -3.70. The molecule has 0 saturated carbocycles. The van der Waals surface area contributed by atoms with Crippen LogP contribution in [0, 0.1) is 19.8 Å². The van der Waals surface area contributed by atoms with Crippen molar-refractivity contribution in [2.24, 2.45) is 5.92 Å². The van der Waals surface area contributed by atoms with Crippen molar-refractivity contribution in [2.45, 2.75) is 51.9 Å². The molecule has 0 saturated heterocycles. The molecule has 28 heavy (non-hydrogen) atoms. The average molecular weight is 404 g/mol. The van der Waals surface area contributed by atoms with Gasteiger partial charge >= 0.3 is 5.97 Å². The Morgan fingerprint density at radius 2 is 1.71 bits per heavy atom. The van der Waals surface area contributed by atoms with Crippen LogP contribution in [0.1, 0.15) is 43.4 Å². The summed E-state index contributed by atoms with van der Waals surface area (Å²) in [5, 5.41) is 8.74. The first kappa shape index (κ1) is 22.0. The molecule has 0 fully saturated rings. The summed E-state index contributed by atoms with van der Waals surface area (Å²) >= 11 is 0. The second-order valence-corrected chi connectivity index (χ2v) is 9.47. The van der Waals surface area contributed by atoms with Crippen LogP contribution in [0.3, 0.4) is 0 Å². The zero-order valence-corrected chi connectivity index (χ0v) is 17.8. The van der Waals surface area contributed by atoms with Gasteiger partial charge in [-0.2, -0.15) is 0 Å². The van der Waals surface area contributed by atoms with Gasteiger partial charge in [-0.25, -0.2) is 8.42 Å². The number of hydrogen-bond donors (Lipinski definition) is 1. The van der Waals surface area contributed by atoms with E-state index >= 15 is 0 Å². The number of carboxylic acid groups (broad SMARTS) is 1. The Labute approximate surface area is 168 Å². The van der Waals surface area contributed by atoms with E-state index < -0.39 is 16.0 Å². The first-order valence-electron chi connectivity index (χ1n) is 9.52. The quantitative estimate of drug-likeness (QED) is 0.666. The van der Waals surface area contributed by atoms with E-state index in [4.69, 9.17) is 5.11 Å². The predicted molar refractivity (Wildman–Crippen MR) is 112 cm³/mol. The Kier molecular flexibility index (Phi) is 7.24. The second kappa shape index (κ2) is 9.24. The number of carboxylic acids is 1. The number of benzene rings is 2. The van der Waals surface area contributed by atoms with E-state index in [0.717, 1.165) is 16.7 Å². The molecule has 2 aromatic carbocycles. The maximum atomic E-state index is 13.4. The molecule has 0 bridgehead atoms. The summed E-state index contributed by atoms with van der Waals surface area (Å²) in [4.78, 5) is 10.9. The second-order valence-electron chi connectivity index (χ2n) is 7.61.